The molecule has 0 saturated carbocycles. The molecule has 0 unspecified atom stereocenters. The van der Waals surface area contributed by atoms with E-state index in [-0.39, 0.29) is 0 Å². The van der Waals surface area contributed by atoms with Gasteiger partial charge in [-0.15, -0.1) is 0 Å². The van der Waals surface area contributed by atoms with Crippen LogP contribution in [-0.2, 0) is 10.9 Å². The van der Waals surface area contributed by atoms with Crippen LogP contribution in [0, 0.1) is 0 Å². The fourth-order valence-corrected chi connectivity index (χ4v) is 3.38. The highest BCUT2D eigenvalue weighted by atomic mass is 79.9. The van der Waals surface area contributed by atoms with Gasteiger partial charge in [-0.1, -0.05) is 12.1 Å². The minimum Gasteiger partial charge on any atom is -0.337 e. The van der Waals surface area contributed by atoms with Gasteiger partial charge < -0.3 is 10.6 Å². The molecule has 2 aromatic heterocycles. The summed E-state index contributed by atoms with van der Waals surface area (Å²) in [7, 11) is -1.27. The number of benzene rings is 2. The Balaban J connectivity index is 1.62. The lowest BCUT2D eigenvalue weighted by atomic mass is 10.2. The van der Waals surface area contributed by atoms with E-state index >= 15 is 0 Å². The van der Waals surface area contributed by atoms with Crippen molar-refractivity contribution in [3.63, 3.8) is 0 Å². The highest BCUT2D eigenvalue weighted by molar-refractivity contribution is 9.10. The number of nitrogens with zero attached hydrogens (tertiary/aromatic N) is 4. The zero-order valence-electron chi connectivity index (χ0n) is 15.1. The molecule has 11 heteroatoms. The Morgan fingerprint density at radius 2 is 1.93 bits per heavy atom. The number of aromatic amines is 1. The molecule has 0 spiro atoms. The number of thiol groups is 1. The first kappa shape index (κ1) is 19.2. The van der Waals surface area contributed by atoms with Crippen molar-refractivity contribution >= 4 is 66.6 Å². The van der Waals surface area contributed by atoms with Gasteiger partial charge in [0.05, 0.1) is 27.6 Å². The standard InChI is InChI=1S/C18H16BrN7O2S/c1-26(29(27)28)16-5-3-2-4-14(16)23-17-13(19)10-20-18(24-17)22-12-7-6-11-9-21-25-15(11)8-12/h2-10,29H,1H3,(H,21,25)(H2,20,22,23,24). The molecule has 0 radical (unpaired) electrons. The Hall–Kier alpha value is -3.18. The van der Waals surface area contributed by atoms with Gasteiger partial charge in [-0.05, 0) is 46.3 Å². The minimum atomic E-state index is -2.76. The fourth-order valence-electron chi connectivity index (χ4n) is 2.74. The van der Waals surface area contributed by atoms with Gasteiger partial charge in [0.2, 0.25) is 16.8 Å². The molecule has 9 nitrogen and oxygen atoms in total. The van der Waals surface area contributed by atoms with Crippen molar-refractivity contribution in [1.29, 1.82) is 0 Å². The number of anilines is 5. The second-order valence-corrected chi connectivity index (χ2v) is 8.02. The van der Waals surface area contributed by atoms with Crippen LogP contribution in [0.25, 0.3) is 10.9 Å². The molecule has 0 atom stereocenters. The number of halogens is 1. The zero-order valence-corrected chi connectivity index (χ0v) is 17.6. The summed E-state index contributed by atoms with van der Waals surface area (Å²) in [6, 6.07) is 12.8. The largest absolute Gasteiger partial charge is 0.337 e. The Bertz CT molecular complexity index is 1250. The number of para-hydroxylation sites is 2. The molecule has 0 saturated heterocycles. The van der Waals surface area contributed by atoms with Crippen LogP contribution in [0.2, 0.25) is 0 Å². The molecule has 0 aliphatic rings. The SMILES string of the molecule is CN(c1ccccc1Nc1nc(Nc2ccc3cn[nH]c3c2)ncc1Br)[SH](=O)=O. The lowest BCUT2D eigenvalue weighted by molar-refractivity contribution is 0.613. The first-order valence-electron chi connectivity index (χ1n) is 8.48. The number of rotatable bonds is 6. The van der Waals surface area contributed by atoms with Gasteiger partial charge >= 0.3 is 0 Å². The predicted octanol–water partition coefficient (Wildman–Crippen LogP) is 3.57. The number of nitrogens with one attached hydrogen (secondary N) is 3. The summed E-state index contributed by atoms with van der Waals surface area (Å²) in [5.74, 6) is 0.877. The first-order valence-corrected chi connectivity index (χ1v) is 10.4. The molecular weight excluding hydrogens is 458 g/mol. The molecule has 3 N–H and O–H groups in total. The molecule has 0 amide bonds. The van der Waals surface area contributed by atoms with Crippen LogP contribution in [0.4, 0.5) is 28.8 Å². The number of H-pyrrole nitrogens is 1. The van der Waals surface area contributed by atoms with Crippen LogP contribution in [-0.4, -0.2) is 35.6 Å². The summed E-state index contributed by atoms with van der Waals surface area (Å²) in [5, 5.41) is 14.3. The van der Waals surface area contributed by atoms with Crippen LogP contribution in [0.3, 0.4) is 0 Å². The molecule has 4 aromatic rings. The highest BCUT2D eigenvalue weighted by Crippen LogP contribution is 2.31. The van der Waals surface area contributed by atoms with Gasteiger partial charge in [-0.3, -0.25) is 9.40 Å². The molecule has 0 bridgehead atoms. The summed E-state index contributed by atoms with van der Waals surface area (Å²) in [6.07, 6.45) is 3.37. The smallest absolute Gasteiger partial charge is 0.229 e. The Morgan fingerprint density at radius 1 is 1.10 bits per heavy atom. The van der Waals surface area contributed by atoms with E-state index in [1.54, 1.807) is 30.6 Å². The average molecular weight is 474 g/mol. The van der Waals surface area contributed by atoms with Crippen molar-refractivity contribution in [2.45, 2.75) is 0 Å². The second kappa shape index (κ2) is 8.05. The summed E-state index contributed by atoms with van der Waals surface area (Å²) in [5.41, 5.74) is 2.81. The van der Waals surface area contributed by atoms with E-state index < -0.39 is 10.9 Å². The van der Waals surface area contributed by atoms with Crippen LogP contribution in [0.15, 0.2) is 59.3 Å². The number of hydrogen-bond acceptors (Lipinski definition) is 7. The summed E-state index contributed by atoms with van der Waals surface area (Å²) < 4.78 is 24.6. The molecule has 0 aliphatic heterocycles. The Morgan fingerprint density at radius 3 is 2.76 bits per heavy atom. The van der Waals surface area contributed by atoms with Gasteiger partial charge in [0.15, 0.2) is 0 Å². The van der Waals surface area contributed by atoms with Crippen LogP contribution in [0.5, 0.6) is 0 Å². The van der Waals surface area contributed by atoms with Crippen molar-refractivity contribution in [1.82, 2.24) is 20.2 Å². The monoisotopic (exact) mass is 473 g/mol. The van der Waals surface area contributed by atoms with Crippen molar-refractivity contribution in [3.05, 3.63) is 59.3 Å². The van der Waals surface area contributed by atoms with E-state index in [4.69, 9.17) is 0 Å². The normalized spacial score (nSPS) is 11.0. The third-order valence-corrected chi connectivity index (χ3v) is 5.48. The minimum absolute atomic E-state index is 0.385. The van der Waals surface area contributed by atoms with Crippen molar-refractivity contribution in [2.75, 3.05) is 22.0 Å². The zero-order chi connectivity index (χ0) is 20.4. The number of fused-ring (bicyclic) bond motifs is 1. The predicted molar refractivity (Wildman–Crippen MR) is 118 cm³/mol. The van der Waals surface area contributed by atoms with E-state index in [0.717, 1.165) is 16.6 Å². The van der Waals surface area contributed by atoms with Gasteiger partial charge in [0.25, 0.3) is 0 Å². The average Bonchev–Trinajstić information content (AvgIpc) is 3.18. The quantitative estimate of drug-likeness (QED) is 0.316. The van der Waals surface area contributed by atoms with Gasteiger partial charge in [-0.2, -0.15) is 10.1 Å². The van der Waals surface area contributed by atoms with Gasteiger partial charge in [0.1, 0.15) is 5.82 Å². The molecular formula is C18H16BrN7O2S. The first-order chi connectivity index (χ1) is 14.0. The fraction of sp³-hybridized carbons (Fsp3) is 0.0556. The lowest BCUT2D eigenvalue weighted by Crippen LogP contribution is -2.15. The molecule has 2 aromatic carbocycles. The number of aromatic nitrogens is 4. The van der Waals surface area contributed by atoms with Crippen LogP contribution in [0.1, 0.15) is 0 Å². The molecule has 0 fully saturated rings. The maximum absolute atomic E-state index is 11.4. The van der Waals surface area contributed by atoms with E-state index in [9.17, 15) is 8.42 Å². The number of hydrogen-bond donors (Lipinski definition) is 4. The maximum Gasteiger partial charge on any atom is 0.229 e. The lowest BCUT2D eigenvalue weighted by Gasteiger charge is -2.17. The van der Waals surface area contributed by atoms with Crippen molar-refractivity contribution in [2.24, 2.45) is 0 Å². The Labute approximate surface area is 176 Å². The molecule has 2 heterocycles. The van der Waals surface area contributed by atoms with E-state index in [0.29, 0.717) is 27.6 Å². The van der Waals surface area contributed by atoms with Crippen LogP contribution < -0.4 is 14.9 Å². The summed E-state index contributed by atoms with van der Waals surface area (Å²) >= 11 is 3.43. The van der Waals surface area contributed by atoms with Crippen LogP contribution >= 0.6 is 15.9 Å². The summed E-state index contributed by atoms with van der Waals surface area (Å²) in [4.78, 5) is 8.79. The third kappa shape index (κ3) is 4.15. The van der Waals surface area contributed by atoms with Gasteiger partial charge in [0, 0.05) is 24.3 Å². The summed E-state index contributed by atoms with van der Waals surface area (Å²) in [6.45, 7) is 0. The molecule has 0 aliphatic carbocycles. The van der Waals surface area contributed by atoms with E-state index in [1.165, 1.54) is 11.4 Å². The van der Waals surface area contributed by atoms with Crippen molar-refractivity contribution in [3.8, 4) is 0 Å². The molecule has 4 rings (SSSR count). The molecule has 29 heavy (non-hydrogen) atoms. The topological polar surface area (TPSA) is 116 Å². The Kier molecular flexibility index (Phi) is 5.32. The molecule has 148 valence electrons. The van der Waals surface area contributed by atoms with Crippen molar-refractivity contribution < 1.29 is 8.42 Å². The highest BCUT2D eigenvalue weighted by Gasteiger charge is 2.12. The third-order valence-electron chi connectivity index (χ3n) is 4.19. The van der Waals surface area contributed by atoms with E-state index in [2.05, 4.69) is 46.7 Å². The maximum atomic E-state index is 11.4. The van der Waals surface area contributed by atoms with Gasteiger partial charge in [-0.25, -0.2) is 13.4 Å². The van der Waals surface area contributed by atoms with E-state index in [1.807, 2.05) is 24.3 Å². The second-order valence-electron chi connectivity index (χ2n) is 6.09.